The number of nitrogens with zero attached hydrogens (tertiary/aromatic N) is 5. The number of aryl methyl sites for hydroxylation is 2. The summed E-state index contributed by atoms with van der Waals surface area (Å²) in [6.07, 6.45) is 1.73. The molecule has 0 saturated heterocycles. The largest absolute Gasteiger partial charge is 0.276 e. The predicted molar refractivity (Wildman–Crippen MR) is 127 cm³/mol. The van der Waals surface area contributed by atoms with Crippen LogP contribution in [0.3, 0.4) is 0 Å². The first-order chi connectivity index (χ1) is 14.9. The maximum Gasteiger partial charge on any atom is 0.230 e. The Hall–Kier alpha value is -2.68. The van der Waals surface area contributed by atoms with Crippen LogP contribution in [0.4, 0.5) is 10.8 Å². The number of rotatable bonds is 6. The minimum Gasteiger partial charge on any atom is -0.276 e. The van der Waals surface area contributed by atoms with E-state index in [4.69, 9.17) is 11.6 Å². The Labute approximate surface area is 193 Å². The molecule has 4 rings (SSSR count). The van der Waals surface area contributed by atoms with Gasteiger partial charge in [0.2, 0.25) is 5.91 Å². The van der Waals surface area contributed by atoms with Gasteiger partial charge in [-0.2, -0.15) is 0 Å². The van der Waals surface area contributed by atoms with Crippen molar-refractivity contribution in [1.29, 1.82) is 0 Å². The molecule has 0 aliphatic carbocycles. The molecule has 6 nitrogen and oxygen atoms in total. The van der Waals surface area contributed by atoms with Crippen molar-refractivity contribution in [3.8, 4) is 5.69 Å². The summed E-state index contributed by atoms with van der Waals surface area (Å²) < 4.78 is 1.99. The number of amides is 1. The summed E-state index contributed by atoms with van der Waals surface area (Å²) >= 11 is 9.08. The van der Waals surface area contributed by atoms with Gasteiger partial charge >= 0.3 is 0 Å². The van der Waals surface area contributed by atoms with E-state index in [1.54, 1.807) is 35.1 Å². The van der Waals surface area contributed by atoms with Crippen molar-refractivity contribution < 1.29 is 4.79 Å². The lowest BCUT2D eigenvalue weighted by atomic mass is 10.1. The third kappa shape index (κ3) is 4.81. The van der Waals surface area contributed by atoms with Gasteiger partial charge < -0.3 is 0 Å². The Morgan fingerprint density at radius 1 is 1.23 bits per heavy atom. The number of carbonyl (C=O) groups is 1. The van der Waals surface area contributed by atoms with Gasteiger partial charge in [0.25, 0.3) is 0 Å². The fourth-order valence-corrected chi connectivity index (χ4v) is 5.20. The van der Waals surface area contributed by atoms with Gasteiger partial charge in [-0.3, -0.25) is 14.3 Å². The molecule has 2 aromatic carbocycles. The van der Waals surface area contributed by atoms with Crippen molar-refractivity contribution in [3.63, 3.8) is 0 Å². The monoisotopic (exact) mass is 469 g/mol. The summed E-state index contributed by atoms with van der Waals surface area (Å²) in [6, 6.07) is 13.5. The van der Waals surface area contributed by atoms with Crippen LogP contribution in [0.15, 0.2) is 59.3 Å². The quantitative estimate of drug-likeness (QED) is 0.325. The minimum absolute atomic E-state index is 0.120. The summed E-state index contributed by atoms with van der Waals surface area (Å²) in [5.41, 5.74) is 5.00. The first kappa shape index (κ1) is 21.5. The SMILES string of the molecule is CC(=O)N(c1cccc(Cl)c1)c1nc(CSc2nncn2-c2ccc(C)cc2C)cs1. The zero-order valence-electron chi connectivity index (χ0n) is 17.2. The zero-order chi connectivity index (χ0) is 22.0. The normalized spacial score (nSPS) is 11.0. The second-order valence-electron chi connectivity index (χ2n) is 7.02. The first-order valence-electron chi connectivity index (χ1n) is 9.53. The van der Waals surface area contributed by atoms with E-state index in [0.717, 1.165) is 22.1 Å². The first-order valence-corrected chi connectivity index (χ1v) is 11.8. The number of hydrogen-bond acceptors (Lipinski definition) is 6. The van der Waals surface area contributed by atoms with Gasteiger partial charge in [-0.1, -0.05) is 47.1 Å². The number of benzene rings is 2. The number of thioether (sulfide) groups is 1. The lowest BCUT2D eigenvalue weighted by Gasteiger charge is -2.18. The predicted octanol–water partition coefficient (Wildman–Crippen LogP) is 5.97. The highest BCUT2D eigenvalue weighted by atomic mass is 35.5. The molecule has 4 aromatic rings. The molecule has 0 aliphatic rings. The molecule has 0 fully saturated rings. The molecule has 9 heteroatoms. The molecule has 2 aromatic heterocycles. The Balaban J connectivity index is 1.53. The summed E-state index contributed by atoms with van der Waals surface area (Å²) in [4.78, 5) is 18.5. The van der Waals surface area contributed by atoms with Crippen LogP contribution < -0.4 is 4.90 Å². The highest BCUT2D eigenvalue weighted by molar-refractivity contribution is 7.98. The van der Waals surface area contributed by atoms with E-state index in [9.17, 15) is 4.79 Å². The fraction of sp³-hybridized carbons (Fsp3) is 0.182. The van der Waals surface area contributed by atoms with Crippen LogP contribution in [-0.2, 0) is 10.5 Å². The average Bonchev–Trinajstić information content (AvgIpc) is 3.36. The van der Waals surface area contributed by atoms with E-state index in [1.165, 1.54) is 23.8 Å². The highest BCUT2D eigenvalue weighted by Crippen LogP contribution is 2.32. The second kappa shape index (κ2) is 9.21. The molecule has 0 saturated carbocycles. The van der Waals surface area contributed by atoms with Gasteiger partial charge in [0, 0.05) is 23.1 Å². The molecule has 0 N–H and O–H groups in total. The number of hydrogen-bond donors (Lipinski definition) is 0. The second-order valence-corrected chi connectivity index (χ2v) is 9.23. The molecule has 0 bridgehead atoms. The summed E-state index contributed by atoms with van der Waals surface area (Å²) in [7, 11) is 0. The van der Waals surface area contributed by atoms with E-state index in [2.05, 4.69) is 47.2 Å². The molecule has 0 radical (unpaired) electrons. The van der Waals surface area contributed by atoms with Crippen molar-refractivity contribution in [1.82, 2.24) is 19.7 Å². The van der Waals surface area contributed by atoms with Gasteiger partial charge in [0.05, 0.1) is 17.1 Å². The van der Waals surface area contributed by atoms with E-state index in [0.29, 0.717) is 21.6 Å². The Morgan fingerprint density at radius 2 is 2.06 bits per heavy atom. The van der Waals surface area contributed by atoms with Crippen LogP contribution in [0.25, 0.3) is 5.69 Å². The zero-order valence-corrected chi connectivity index (χ0v) is 19.6. The number of anilines is 2. The maximum absolute atomic E-state index is 12.3. The van der Waals surface area contributed by atoms with Crippen LogP contribution in [0.5, 0.6) is 0 Å². The van der Waals surface area contributed by atoms with E-state index < -0.39 is 0 Å². The summed E-state index contributed by atoms with van der Waals surface area (Å²) in [5, 5.41) is 12.3. The summed E-state index contributed by atoms with van der Waals surface area (Å²) in [5.74, 6) is 0.493. The molecule has 0 unspecified atom stereocenters. The number of thiazole rings is 1. The van der Waals surface area contributed by atoms with Crippen LogP contribution in [-0.4, -0.2) is 25.7 Å². The van der Waals surface area contributed by atoms with E-state index in [-0.39, 0.29) is 5.91 Å². The molecular weight excluding hydrogens is 450 g/mol. The van der Waals surface area contributed by atoms with Crippen LogP contribution >= 0.6 is 34.7 Å². The van der Waals surface area contributed by atoms with Crippen molar-refractivity contribution in [2.75, 3.05) is 4.90 Å². The highest BCUT2D eigenvalue weighted by Gasteiger charge is 2.19. The fourth-order valence-electron chi connectivity index (χ4n) is 3.21. The Morgan fingerprint density at radius 3 is 2.81 bits per heavy atom. The van der Waals surface area contributed by atoms with Gasteiger partial charge in [-0.25, -0.2) is 4.98 Å². The molecule has 31 heavy (non-hydrogen) atoms. The maximum atomic E-state index is 12.3. The summed E-state index contributed by atoms with van der Waals surface area (Å²) in [6.45, 7) is 5.67. The van der Waals surface area contributed by atoms with Crippen LogP contribution in [0, 0.1) is 13.8 Å². The van der Waals surface area contributed by atoms with E-state index >= 15 is 0 Å². The van der Waals surface area contributed by atoms with Crippen molar-refractivity contribution >= 4 is 51.4 Å². The lowest BCUT2D eigenvalue weighted by molar-refractivity contribution is -0.115. The molecule has 0 atom stereocenters. The standard InChI is InChI=1S/C22H20ClN5OS2/c1-14-7-8-20(15(2)9-14)27-13-24-26-22(27)31-12-18-11-30-21(25-18)28(16(3)29)19-6-4-5-17(23)10-19/h4-11,13H,12H2,1-3H3. The van der Waals surface area contributed by atoms with Gasteiger partial charge in [0.1, 0.15) is 6.33 Å². The minimum atomic E-state index is -0.120. The third-order valence-electron chi connectivity index (χ3n) is 4.59. The topological polar surface area (TPSA) is 63.9 Å². The number of aromatic nitrogens is 4. The van der Waals surface area contributed by atoms with Crippen LogP contribution in [0.2, 0.25) is 5.02 Å². The molecular formula is C22H20ClN5OS2. The molecule has 158 valence electrons. The number of carbonyl (C=O) groups excluding carboxylic acids is 1. The molecule has 0 spiro atoms. The third-order valence-corrected chi connectivity index (χ3v) is 6.68. The molecule has 2 heterocycles. The van der Waals surface area contributed by atoms with Crippen LogP contribution in [0.1, 0.15) is 23.7 Å². The van der Waals surface area contributed by atoms with Gasteiger partial charge in [-0.15, -0.1) is 21.5 Å². The molecule has 0 aliphatic heterocycles. The van der Waals surface area contributed by atoms with Crippen molar-refractivity contribution in [2.45, 2.75) is 31.7 Å². The van der Waals surface area contributed by atoms with Crippen molar-refractivity contribution in [3.05, 3.63) is 76.0 Å². The Bertz CT molecular complexity index is 1240. The van der Waals surface area contributed by atoms with Gasteiger partial charge in [-0.05, 0) is 43.7 Å². The Kier molecular flexibility index (Phi) is 6.41. The van der Waals surface area contributed by atoms with E-state index in [1.807, 2.05) is 22.1 Å². The number of halogens is 1. The molecule has 1 amide bonds. The average molecular weight is 470 g/mol. The van der Waals surface area contributed by atoms with Gasteiger partial charge in [0.15, 0.2) is 10.3 Å². The lowest BCUT2D eigenvalue weighted by Crippen LogP contribution is -2.22. The smallest absolute Gasteiger partial charge is 0.230 e. The van der Waals surface area contributed by atoms with Crippen molar-refractivity contribution in [2.24, 2.45) is 0 Å².